The van der Waals surface area contributed by atoms with Gasteiger partial charge in [-0.05, 0) is 56.2 Å². The molecule has 6 nitrogen and oxygen atoms in total. The fraction of sp³-hybridized carbons (Fsp3) is 0.333. The van der Waals surface area contributed by atoms with Gasteiger partial charge in [-0.25, -0.2) is 4.90 Å². The molecule has 0 aliphatic carbocycles. The number of carbonyl (C=O) groups is 2. The summed E-state index contributed by atoms with van der Waals surface area (Å²) in [5.74, 6) is 0.0238. The molecule has 0 aromatic heterocycles. The smallest absolute Gasteiger partial charge is 0.282 e. The van der Waals surface area contributed by atoms with Crippen molar-refractivity contribution in [2.45, 2.75) is 26.9 Å². The molecule has 2 heterocycles. The first-order chi connectivity index (χ1) is 14.9. The van der Waals surface area contributed by atoms with Crippen LogP contribution in [0.25, 0.3) is 5.57 Å². The molecule has 2 aliphatic rings. The number of hydrogen-bond acceptors (Lipinski definition) is 5. The molecule has 162 valence electrons. The van der Waals surface area contributed by atoms with Crippen molar-refractivity contribution in [3.63, 3.8) is 0 Å². The number of benzene rings is 2. The molecule has 2 aromatic carbocycles. The number of hydrogen-bond donors (Lipinski definition) is 0. The molecule has 7 heteroatoms. The van der Waals surface area contributed by atoms with Crippen molar-refractivity contribution >= 4 is 34.7 Å². The Morgan fingerprint density at radius 2 is 1.68 bits per heavy atom. The summed E-state index contributed by atoms with van der Waals surface area (Å²) in [6, 6.07) is 12.5. The van der Waals surface area contributed by atoms with Crippen LogP contribution in [-0.4, -0.2) is 49.1 Å². The standard InChI is InChI=1S/C24H25ClN2O4/c1-15(2)31-19-8-5-17(6-9-19)21-22(26-10-12-30-13-11-26)24(29)27(23(21)28)20-14-18(25)7-4-16(20)3/h4-9,14-15H,10-13H2,1-3H3. The van der Waals surface area contributed by atoms with Crippen LogP contribution in [0.1, 0.15) is 25.0 Å². The number of nitrogens with zero attached hydrogens (tertiary/aromatic N) is 2. The summed E-state index contributed by atoms with van der Waals surface area (Å²) in [7, 11) is 0. The highest BCUT2D eigenvalue weighted by atomic mass is 35.5. The van der Waals surface area contributed by atoms with Crippen LogP contribution in [0.5, 0.6) is 5.75 Å². The van der Waals surface area contributed by atoms with Crippen LogP contribution < -0.4 is 9.64 Å². The average molecular weight is 441 g/mol. The zero-order chi connectivity index (χ0) is 22.1. The van der Waals surface area contributed by atoms with E-state index < -0.39 is 0 Å². The third kappa shape index (κ3) is 4.18. The minimum atomic E-state index is -0.352. The fourth-order valence-corrected chi connectivity index (χ4v) is 4.04. The lowest BCUT2D eigenvalue weighted by atomic mass is 10.0. The maximum absolute atomic E-state index is 13.6. The monoisotopic (exact) mass is 440 g/mol. The molecule has 31 heavy (non-hydrogen) atoms. The predicted octanol–water partition coefficient (Wildman–Crippen LogP) is 4.05. The second-order valence-electron chi connectivity index (χ2n) is 7.89. The fourth-order valence-electron chi connectivity index (χ4n) is 3.87. The van der Waals surface area contributed by atoms with Gasteiger partial charge >= 0.3 is 0 Å². The molecule has 0 spiro atoms. The third-order valence-electron chi connectivity index (χ3n) is 5.31. The van der Waals surface area contributed by atoms with Crippen molar-refractivity contribution in [2.24, 2.45) is 0 Å². The van der Waals surface area contributed by atoms with E-state index in [0.29, 0.717) is 59.6 Å². The molecule has 0 atom stereocenters. The van der Waals surface area contributed by atoms with Crippen molar-refractivity contribution in [1.82, 2.24) is 4.90 Å². The molecule has 0 saturated carbocycles. The number of imide groups is 1. The van der Waals surface area contributed by atoms with Crippen LogP contribution >= 0.6 is 11.6 Å². The molecular weight excluding hydrogens is 416 g/mol. The molecular formula is C24H25ClN2O4. The Kier molecular flexibility index (Phi) is 6.03. The first kappa shape index (κ1) is 21.4. The molecule has 4 rings (SSSR count). The molecule has 0 bridgehead atoms. The Morgan fingerprint density at radius 1 is 1.00 bits per heavy atom. The number of rotatable bonds is 5. The van der Waals surface area contributed by atoms with Gasteiger partial charge in [0.15, 0.2) is 0 Å². The summed E-state index contributed by atoms with van der Waals surface area (Å²) in [6.45, 7) is 7.89. The van der Waals surface area contributed by atoms with Crippen LogP contribution in [0, 0.1) is 6.92 Å². The summed E-state index contributed by atoms with van der Waals surface area (Å²) in [5, 5.41) is 0.470. The Morgan fingerprint density at radius 3 is 2.32 bits per heavy atom. The van der Waals surface area contributed by atoms with E-state index >= 15 is 0 Å². The van der Waals surface area contributed by atoms with E-state index in [0.717, 1.165) is 5.56 Å². The zero-order valence-corrected chi connectivity index (χ0v) is 18.6. The van der Waals surface area contributed by atoms with Crippen LogP contribution in [0.3, 0.4) is 0 Å². The van der Waals surface area contributed by atoms with Gasteiger partial charge in [0.1, 0.15) is 11.4 Å². The Bertz CT molecular complexity index is 1040. The van der Waals surface area contributed by atoms with Crippen molar-refractivity contribution in [3.05, 3.63) is 64.3 Å². The topological polar surface area (TPSA) is 59.1 Å². The summed E-state index contributed by atoms with van der Waals surface area (Å²) in [4.78, 5) is 30.4. The van der Waals surface area contributed by atoms with E-state index in [4.69, 9.17) is 21.1 Å². The largest absolute Gasteiger partial charge is 0.491 e. The van der Waals surface area contributed by atoms with Gasteiger partial charge in [-0.15, -0.1) is 0 Å². The Labute approximate surface area is 187 Å². The van der Waals surface area contributed by atoms with Gasteiger partial charge in [0.05, 0.1) is 30.6 Å². The molecule has 2 amide bonds. The summed E-state index contributed by atoms with van der Waals surface area (Å²) in [5.41, 5.74) is 2.78. The minimum absolute atomic E-state index is 0.0463. The molecule has 2 aromatic rings. The van der Waals surface area contributed by atoms with Crippen LogP contribution in [-0.2, 0) is 14.3 Å². The van der Waals surface area contributed by atoms with E-state index in [2.05, 4.69) is 0 Å². The van der Waals surface area contributed by atoms with E-state index in [1.807, 2.05) is 56.0 Å². The van der Waals surface area contributed by atoms with Gasteiger partial charge < -0.3 is 14.4 Å². The van der Waals surface area contributed by atoms with Crippen molar-refractivity contribution in [2.75, 3.05) is 31.2 Å². The molecule has 1 fully saturated rings. The van der Waals surface area contributed by atoms with Gasteiger partial charge in [-0.1, -0.05) is 29.8 Å². The number of halogens is 1. The van der Waals surface area contributed by atoms with Gasteiger partial charge in [-0.3, -0.25) is 9.59 Å². The van der Waals surface area contributed by atoms with Crippen LogP contribution in [0.2, 0.25) is 5.02 Å². The van der Waals surface area contributed by atoms with E-state index in [9.17, 15) is 9.59 Å². The summed E-state index contributed by atoms with van der Waals surface area (Å²) < 4.78 is 11.2. The molecule has 2 aliphatic heterocycles. The number of morpholine rings is 1. The minimum Gasteiger partial charge on any atom is -0.491 e. The first-order valence-electron chi connectivity index (χ1n) is 10.4. The number of ether oxygens (including phenoxy) is 2. The summed E-state index contributed by atoms with van der Waals surface area (Å²) >= 11 is 6.18. The van der Waals surface area contributed by atoms with Gasteiger partial charge in [0, 0.05) is 18.1 Å². The predicted molar refractivity (Wildman–Crippen MR) is 120 cm³/mol. The quantitative estimate of drug-likeness (QED) is 0.656. The Balaban J connectivity index is 1.79. The lowest BCUT2D eigenvalue weighted by Gasteiger charge is -2.29. The van der Waals surface area contributed by atoms with Gasteiger partial charge in [0.25, 0.3) is 11.8 Å². The van der Waals surface area contributed by atoms with Crippen LogP contribution in [0.15, 0.2) is 48.2 Å². The van der Waals surface area contributed by atoms with E-state index in [1.54, 1.807) is 12.1 Å². The van der Waals surface area contributed by atoms with E-state index in [-0.39, 0.29) is 17.9 Å². The normalized spacial score (nSPS) is 17.2. The number of carbonyl (C=O) groups excluding carboxylic acids is 2. The Hall–Kier alpha value is -2.83. The van der Waals surface area contributed by atoms with Crippen molar-refractivity contribution in [3.8, 4) is 5.75 Å². The second kappa shape index (κ2) is 8.73. The lowest BCUT2D eigenvalue weighted by molar-refractivity contribution is -0.121. The first-order valence-corrected chi connectivity index (χ1v) is 10.7. The lowest BCUT2D eigenvalue weighted by Crippen LogP contribution is -2.40. The van der Waals surface area contributed by atoms with Crippen LogP contribution in [0.4, 0.5) is 5.69 Å². The number of aryl methyl sites for hydroxylation is 1. The third-order valence-corrected chi connectivity index (χ3v) is 5.55. The number of amides is 2. The highest BCUT2D eigenvalue weighted by Crippen LogP contribution is 2.37. The SMILES string of the molecule is Cc1ccc(Cl)cc1N1C(=O)C(c2ccc(OC(C)C)cc2)=C(N2CCOCC2)C1=O. The maximum atomic E-state index is 13.6. The molecule has 1 saturated heterocycles. The number of anilines is 1. The van der Waals surface area contributed by atoms with E-state index in [1.165, 1.54) is 4.90 Å². The maximum Gasteiger partial charge on any atom is 0.282 e. The van der Waals surface area contributed by atoms with Gasteiger partial charge in [-0.2, -0.15) is 0 Å². The van der Waals surface area contributed by atoms with Crippen molar-refractivity contribution in [1.29, 1.82) is 0 Å². The molecule has 0 N–H and O–H groups in total. The van der Waals surface area contributed by atoms with Crippen molar-refractivity contribution < 1.29 is 19.1 Å². The second-order valence-corrected chi connectivity index (χ2v) is 8.33. The zero-order valence-electron chi connectivity index (χ0n) is 17.9. The van der Waals surface area contributed by atoms with Gasteiger partial charge in [0.2, 0.25) is 0 Å². The highest BCUT2D eigenvalue weighted by Gasteiger charge is 2.43. The average Bonchev–Trinajstić information content (AvgIpc) is 3.01. The summed E-state index contributed by atoms with van der Waals surface area (Å²) in [6.07, 6.45) is 0.0463. The highest BCUT2D eigenvalue weighted by molar-refractivity contribution is 6.45. The molecule has 0 unspecified atom stereocenters. The molecule has 0 radical (unpaired) electrons.